The van der Waals surface area contributed by atoms with Crippen molar-refractivity contribution in [1.29, 1.82) is 0 Å². The zero-order valence-corrected chi connectivity index (χ0v) is 13.2. The van der Waals surface area contributed by atoms with Gasteiger partial charge in [0.2, 0.25) is 0 Å². The number of rotatable bonds is 8. The molecule has 0 amide bonds. The second-order valence-electron chi connectivity index (χ2n) is 5.50. The van der Waals surface area contributed by atoms with E-state index in [1.165, 1.54) is 44.6 Å². The minimum Gasteiger partial charge on any atom is -0.206 e. The van der Waals surface area contributed by atoms with E-state index in [0.717, 1.165) is 4.50 Å². The first-order chi connectivity index (χ1) is 8.08. The Morgan fingerprint density at radius 1 is 1.12 bits per heavy atom. The molecule has 98 valence electrons. The van der Waals surface area contributed by atoms with Crippen molar-refractivity contribution in [3.63, 3.8) is 0 Å². The van der Waals surface area contributed by atoms with E-state index >= 15 is 0 Å². The molecule has 0 saturated carbocycles. The Labute approximate surface area is 110 Å². The Kier molecular flexibility index (Phi) is 6.42. The van der Waals surface area contributed by atoms with Gasteiger partial charge in [0, 0.05) is 4.50 Å². The second-order valence-corrected chi connectivity index (χ2v) is 11.5. The third kappa shape index (κ3) is 4.92. The first-order valence-electron chi connectivity index (χ1n) is 6.81. The molecule has 1 rings (SSSR count). The zero-order chi connectivity index (χ0) is 12.7. The fraction of sp³-hybridized carbons (Fsp3) is 0.714. The van der Waals surface area contributed by atoms with Crippen LogP contribution in [0.2, 0.25) is 19.1 Å². The van der Waals surface area contributed by atoms with Crippen LogP contribution in [0.3, 0.4) is 0 Å². The SMILES string of the molecule is CCCCCCCC[Si](C)(C)c1sccc1F. The van der Waals surface area contributed by atoms with Crippen molar-refractivity contribution in [3.8, 4) is 0 Å². The molecule has 0 nitrogen and oxygen atoms in total. The Morgan fingerprint density at radius 2 is 1.76 bits per heavy atom. The van der Waals surface area contributed by atoms with Crippen LogP contribution in [0.25, 0.3) is 0 Å². The monoisotopic (exact) mass is 272 g/mol. The van der Waals surface area contributed by atoms with Gasteiger partial charge in [-0.3, -0.25) is 0 Å². The molecule has 0 aliphatic carbocycles. The van der Waals surface area contributed by atoms with Crippen LogP contribution in [-0.4, -0.2) is 8.07 Å². The zero-order valence-electron chi connectivity index (χ0n) is 11.4. The van der Waals surface area contributed by atoms with Gasteiger partial charge in [0.1, 0.15) is 5.82 Å². The molecule has 0 unspecified atom stereocenters. The molecule has 0 fully saturated rings. The summed E-state index contributed by atoms with van der Waals surface area (Å²) in [5.41, 5.74) is 0. The molecule has 0 N–H and O–H groups in total. The van der Waals surface area contributed by atoms with Gasteiger partial charge in [-0.25, -0.2) is 4.39 Å². The molecule has 0 aromatic carbocycles. The summed E-state index contributed by atoms with van der Waals surface area (Å²) in [4.78, 5) is 0. The molecule has 17 heavy (non-hydrogen) atoms. The normalized spacial score (nSPS) is 12.0. The van der Waals surface area contributed by atoms with E-state index in [2.05, 4.69) is 20.0 Å². The fourth-order valence-electron chi connectivity index (χ4n) is 2.24. The van der Waals surface area contributed by atoms with Gasteiger partial charge in [-0.1, -0.05) is 64.6 Å². The summed E-state index contributed by atoms with van der Waals surface area (Å²) in [5, 5.41) is 1.89. The Morgan fingerprint density at radius 3 is 2.35 bits per heavy atom. The molecule has 1 heterocycles. The molecule has 0 atom stereocenters. The highest BCUT2D eigenvalue weighted by Crippen LogP contribution is 2.19. The maximum Gasteiger partial charge on any atom is 0.132 e. The van der Waals surface area contributed by atoms with Crippen LogP contribution in [0.15, 0.2) is 11.4 Å². The predicted molar refractivity (Wildman–Crippen MR) is 79.6 cm³/mol. The van der Waals surface area contributed by atoms with Crippen molar-refractivity contribution in [2.75, 3.05) is 0 Å². The van der Waals surface area contributed by atoms with Gasteiger partial charge in [0.15, 0.2) is 0 Å². The van der Waals surface area contributed by atoms with E-state index in [9.17, 15) is 4.39 Å². The Bertz CT molecular complexity index is 320. The van der Waals surface area contributed by atoms with E-state index in [0.29, 0.717) is 0 Å². The lowest BCUT2D eigenvalue weighted by molar-refractivity contribution is 0.621. The van der Waals surface area contributed by atoms with Crippen LogP contribution >= 0.6 is 11.3 Å². The molecule has 1 aromatic heterocycles. The minimum absolute atomic E-state index is 0.0395. The molecule has 0 aliphatic rings. The van der Waals surface area contributed by atoms with Crippen LogP contribution in [-0.2, 0) is 0 Å². The van der Waals surface area contributed by atoms with Crippen molar-refractivity contribution in [1.82, 2.24) is 0 Å². The summed E-state index contributed by atoms with van der Waals surface area (Å²) in [7, 11) is -1.50. The summed E-state index contributed by atoms with van der Waals surface area (Å²) in [6.45, 7) is 6.84. The third-order valence-corrected chi connectivity index (χ3v) is 9.17. The maximum atomic E-state index is 13.6. The van der Waals surface area contributed by atoms with Crippen molar-refractivity contribution in [2.24, 2.45) is 0 Å². The summed E-state index contributed by atoms with van der Waals surface area (Å²) in [5.74, 6) is 0.0395. The predicted octanol–water partition coefficient (Wildman–Crippen LogP) is 5.16. The highest BCUT2D eigenvalue weighted by atomic mass is 32.1. The highest BCUT2D eigenvalue weighted by Gasteiger charge is 2.27. The minimum atomic E-state index is -1.50. The number of hydrogen-bond donors (Lipinski definition) is 0. The van der Waals surface area contributed by atoms with E-state index in [1.54, 1.807) is 17.4 Å². The lowest BCUT2D eigenvalue weighted by atomic mass is 10.1. The Hall–Kier alpha value is -0.153. The maximum absolute atomic E-state index is 13.6. The van der Waals surface area contributed by atoms with Crippen molar-refractivity contribution in [3.05, 3.63) is 17.3 Å². The average Bonchev–Trinajstić information content (AvgIpc) is 2.70. The van der Waals surface area contributed by atoms with Crippen LogP contribution in [0.5, 0.6) is 0 Å². The standard InChI is InChI=1S/C14H25FSSi/c1-4-5-6-7-8-9-12-17(2,3)14-13(15)10-11-16-14/h10-11H,4-9,12H2,1-3H3. The van der Waals surface area contributed by atoms with Crippen molar-refractivity contribution in [2.45, 2.75) is 64.6 Å². The first kappa shape index (κ1) is 14.9. The molecular weight excluding hydrogens is 247 g/mol. The number of unbranched alkanes of at least 4 members (excludes halogenated alkanes) is 5. The van der Waals surface area contributed by atoms with Gasteiger partial charge in [-0.2, -0.15) is 11.3 Å². The lowest BCUT2D eigenvalue weighted by Crippen LogP contribution is -2.40. The molecule has 0 bridgehead atoms. The quantitative estimate of drug-likeness (QED) is 0.453. The van der Waals surface area contributed by atoms with Gasteiger partial charge in [-0.15, -0.1) is 0 Å². The fourth-order valence-corrected chi connectivity index (χ4v) is 6.62. The lowest BCUT2D eigenvalue weighted by Gasteiger charge is -2.20. The second kappa shape index (κ2) is 7.32. The van der Waals surface area contributed by atoms with Gasteiger partial charge >= 0.3 is 0 Å². The van der Waals surface area contributed by atoms with Crippen LogP contribution in [0.4, 0.5) is 4.39 Å². The van der Waals surface area contributed by atoms with E-state index in [-0.39, 0.29) is 5.82 Å². The van der Waals surface area contributed by atoms with Gasteiger partial charge in [-0.05, 0) is 11.4 Å². The molecule has 3 heteroatoms. The Balaban J connectivity index is 2.28. The van der Waals surface area contributed by atoms with Crippen LogP contribution in [0, 0.1) is 5.82 Å². The summed E-state index contributed by atoms with van der Waals surface area (Å²) in [6, 6.07) is 2.85. The smallest absolute Gasteiger partial charge is 0.132 e. The average molecular weight is 273 g/mol. The topological polar surface area (TPSA) is 0 Å². The first-order valence-corrected chi connectivity index (χ1v) is 10.9. The molecule has 0 saturated heterocycles. The van der Waals surface area contributed by atoms with E-state index in [1.807, 2.05) is 5.38 Å². The van der Waals surface area contributed by atoms with Crippen molar-refractivity contribution >= 4 is 23.9 Å². The molecule has 0 spiro atoms. The van der Waals surface area contributed by atoms with Crippen molar-refractivity contribution < 1.29 is 4.39 Å². The molecular formula is C14H25FSSi. The van der Waals surface area contributed by atoms with E-state index < -0.39 is 8.07 Å². The summed E-state index contributed by atoms with van der Waals surface area (Å²) in [6.07, 6.45) is 7.99. The van der Waals surface area contributed by atoms with Crippen LogP contribution in [0.1, 0.15) is 45.4 Å². The van der Waals surface area contributed by atoms with Gasteiger partial charge in [0.25, 0.3) is 0 Å². The van der Waals surface area contributed by atoms with Crippen LogP contribution < -0.4 is 4.50 Å². The largest absolute Gasteiger partial charge is 0.206 e. The number of hydrogen-bond acceptors (Lipinski definition) is 1. The van der Waals surface area contributed by atoms with E-state index in [4.69, 9.17) is 0 Å². The van der Waals surface area contributed by atoms with Gasteiger partial charge in [0.05, 0.1) is 8.07 Å². The molecule has 1 aromatic rings. The molecule has 0 radical (unpaired) electrons. The number of thiophene rings is 1. The summed E-state index contributed by atoms with van der Waals surface area (Å²) < 4.78 is 14.6. The highest BCUT2D eigenvalue weighted by molar-refractivity contribution is 7.25. The van der Waals surface area contributed by atoms with Gasteiger partial charge < -0.3 is 0 Å². The third-order valence-electron chi connectivity index (χ3n) is 3.39. The molecule has 0 aliphatic heterocycles. The summed E-state index contributed by atoms with van der Waals surface area (Å²) >= 11 is 1.62. The number of halogens is 1.